The first-order valence-electron chi connectivity index (χ1n) is 5.79. The summed E-state index contributed by atoms with van der Waals surface area (Å²) in [6.07, 6.45) is -0.634. The number of aliphatic imine (C=N–C) groups is 1. The topological polar surface area (TPSA) is 63.1 Å². The van der Waals surface area contributed by atoms with Crippen molar-refractivity contribution in [2.24, 2.45) is 4.99 Å². The van der Waals surface area contributed by atoms with Crippen molar-refractivity contribution in [2.75, 3.05) is 13.2 Å². The molecule has 0 aromatic heterocycles. The van der Waals surface area contributed by atoms with Crippen molar-refractivity contribution < 1.29 is 19.3 Å². The first kappa shape index (κ1) is 12.5. The van der Waals surface area contributed by atoms with E-state index in [1.807, 2.05) is 0 Å². The maximum absolute atomic E-state index is 11.6. The fourth-order valence-corrected chi connectivity index (χ4v) is 1.53. The van der Waals surface area contributed by atoms with Gasteiger partial charge in [0.2, 0.25) is 0 Å². The van der Waals surface area contributed by atoms with Crippen LogP contribution in [0, 0.1) is 0 Å². The molecule has 1 aliphatic rings. The van der Waals surface area contributed by atoms with Crippen LogP contribution in [-0.2, 0) is 4.74 Å². The lowest BCUT2D eigenvalue weighted by Gasteiger charge is -2.29. The predicted molar refractivity (Wildman–Crippen MR) is 65.4 cm³/mol. The van der Waals surface area contributed by atoms with Crippen LogP contribution in [0.4, 0.5) is 5.69 Å². The van der Waals surface area contributed by atoms with E-state index < -0.39 is 11.7 Å². The van der Waals surface area contributed by atoms with Crippen molar-refractivity contribution in [2.45, 2.75) is 26.4 Å². The molecule has 0 unspecified atom stereocenters. The Bertz CT molecular complexity index is 463. The van der Waals surface area contributed by atoms with Crippen molar-refractivity contribution >= 4 is 11.8 Å². The summed E-state index contributed by atoms with van der Waals surface area (Å²) in [4.78, 5) is 3.89. The molecular weight excluding hydrogens is 234 g/mol. The van der Waals surface area contributed by atoms with Gasteiger partial charge in [0.25, 0.3) is 0 Å². The molecule has 0 aliphatic carbocycles. The van der Waals surface area contributed by atoms with E-state index in [0.717, 1.165) is 0 Å². The van der Waals surface area contributed by atoms with E-state index >= 15 is 0 Å². The molecule has 0 saturated carbocycles. The van der Waals surface area contributed by atoms with Gasteiger partial charge in [0.1, 0.15) is 18.9 Å². The van der Waals surface area contributed by atoms with E-state index in [1.54, 1.807) is 39.0 Å². The van der Waals surface area contributed by atoms with Crippen LogP contribution in [0.15, 0.2) is 23.2 Å². The van der Waals surface area contributed by atoms with Crippen LogP contribution in [0.1, 0.15) is 20.8 Å². The normalized spacial score (nSPS) is 15.4. The maximum atomic E-state index is 11.6. The average molecular weight is 250 g/mol. The van der Waals surface area contributed by atoms with Gasteiger partial charge in [-0.15, -0.1) is 0 Å². The number of nitrogens with zero attached hydrogens (tertiary/aromatic N) is 1. The van der Waals surface area contributed by atoms with Crippen LogP contribution < -0.4 is 14.6 Å². The molecule has 2 rings (SSSR count). The van der Waals surface area contributed by atoms with Gasteiger partial charge in [-0.05, 0) is 12.1 Å². The minimum absolute atomic E-state index is 0.432. The van der Waals surface area contributed by atoms with Gasteiger partial charge in [-0.1, -0.05) is 26.8 Å². The second-order valence-electron chi connectivity index (χ2n) is 4.89. The lowest BCUT2D eigenvalue weighted by Crippen LogP contribution is -2.31. The quantitative estimate of drug-likeness (QED) is 0.561. The van der Waals surface area contributed by atoms with E-state index in [2.05, 4.69) is 4.99 Å². The summed E-state index contributed by atoms with van der Waals surface area (Å²) in [5.41, 5.74) is -0.131. The molecule has 1 aromatic carbocycles. The molecule has 18 heavy (non-hydrogen) atoms. The first-order valence-corrected chi connectivity index (χ1v) is 5.79. The molecule has 5 heteroatoms. The highest BCUT2D eigenvalue weighted by molar-refractivity contribution is 5.71. The number of hydrogen-bond acceptors (Lipinski definition) is 5. The number of para-hydroxylation sites is 1. The average Bonchev–Trinajstić information content (AvgIpc) is 2.27. The van der Waals surface area contributed by atoms with E-state index in [1.165, 1.54) is 0 Å². The van der Waals surface area contributed by atoms with Gasteiger partial charge in [-0.3, -0.25) is 0 Å². The monoisotopic (exact) mass is 250 g/mol. The van der Waals surface area contributed by atoms with Crippen molar-refractivity contribution in [3.05, 3.63) is 18.2 Å². The second kappa shape index (κ2) is 4.76. The molecule has 0 spiro atoms. The third-order valence-electron chi connectivity index (χ3n) is 2.15. The maximum Gasteiger partial charge on any atom is 0.187 e. The van der Waals surface area contributed by atoms with Gasteiger partial charge >= 0.3 is 0 Å². The number of hydrogen-bond donors (Lipinski definition) is 0. The molecule has 1 aliphatic heterocycles. The highest BCUT2D eigenvalue weighted by Gasteiger charge is 2.15. The fourth-order valence-electron chi connectivity index (χ4n) is 1.53. The number of fused-ring (bicyclic) bond motifs is 1. The Kier molecular flexibility index (Phi) is 3.32. The Balaban J connectivity index is 2.26. The second-order valence-corrected chi connectivity index (χ2v) is 4.89. The van der Waals surface area contributed by atoms with Gasteiger partial charge in [0.05, 0.1) is 0 Å². The summed E-state index contributed by atoms with van der Waals surface area (Å²) >= 11 is 0. The summed E-state index contributed by atoms with van der Waals surface area (Å²) in [5, 5.41) is 11.6. The third-order valence-corrected chi connectivity index (χ3v) is 2.15. The molecule has 1 heterocycles. The van der Waals surface area contributed by atoms with Crippen LogP contribution in [0.5, 0.6) is 11.5 Å². The van der Waals surface area contributed by atoms with Crippen molar-refractivity contribution in [3.8, 4) is 11.5 Å². The van der Waals surface area contributed by atoms with Gasteiger partial charge < -0.3 is 19.3 Å². The summed E-state index contributed by atoms with van der Waals surface area (Å²) in [7, 11) is 0. The Morgan fingerprint density at radius 2 is 2.00 bits per heavy atom. The Labute approximate surface area is 106 Å². The van der Waals surface area contributed by atoms with Gasteiger partial charge in [0, 0.05) is 5.60 Å². The molecule has 0 bridgehead atoms. The van der Waals surface area contributed by atoms with Crippen LogP contribution in [0.2, 0.25) is 0 Å². The van der Waals surface area contributed by atoms with Crippen LogP contribution in [-0.4, -0.2) is 24.9 Å². The lowest BCUT2D eigenvalue weighted by atomic mass is 10.2. The molecule has 0 N–H and O–H groups in total. The number of ether oxygens (including phenoxy) is 3. The minimum atomic E-state index is -0.634. The smallest absolute Gasteiger partial charge is 0.187 e. The molecule has 98 valence electrons. The fraction of sp³-hybridized carbons (Fsp3) is 0.462. The summed E-state index contributed by atoms with van der Waals surface area (Å²) < 4.78 is 16.0. The van der Waals surface area contributed by atoms with Crippen molar-refractivity contribution in [1.29, 1.82) is 0 Å². The third kappa shape index (κ3) is 3.06. The zero-order chi connectivity index (χ0) is 13.2. The largest absolute Gasteiger partial charge is 0.594 e. The Hall–Kier alpha value is -1.91. The first-order chi connectivity index (χ1) is 8.46. The highest BCUT2D eigenvalue weighted by Crippen LogP contribution is 2.39. The van der Waals surface area contributed by atoms with Crippen LogP contribution in [0.25, 0.3) is 0 Å². The SMILES string of the molecule is CC(C)(C)OC([O-])=Nc1cccc2c1OCCO2. The van der Waals surface area contributed by atoms with Crippen molar-refractivity contribution in [3.63, 3.8) is 0 Å². The molecule has 0 saturated heterocycles. The van der Waals surface area contributed by atoms with Gasteiger partial charge in [0.15, 0.2) is 17.6 Å². The summed E-state index contributed by atoms with van der Waals surface area (Å²) in [6, 6.07) is 5.23. The minimum Gasteiger partial charge on any atom is -0.594 e. The standard InChI is InChI=1S/C13H17NO4/c1-13(2,3)18-12(15)14-9-5-4-6-10-11(9)17-8-7-16-10/h4-6H,7-8H2,1-3H3,(H,14,15)/p-1. The molecule has 1 aromatic rings. The zero-order valence-corrected chi connectivity index (χ0v) is 10.7. The number of rotatable bonds is 1. The van der Waals surface area contributed by atoms with E-state index in [-0.39, 0.29) is 0 Å². The zero-order valence-electron chi connectivity index (χ0n) is 10.7. The lowest BCUT2D eigenvalue weighted by molar-refractivity contribution is -0.259. The van der Waals surface area contributed by atoms with Crippen molar-refractivity contribution in [1.82, 2.24) is 0 Å². The Morgan fingerprint density at radius 1 is 1.28 bits per heavy atom. The van der Waals surface area contributed by atoms with E-state index in [0.29, 0.717) is 30.4 Å². The summed E-state index contributed by atoms with van der Waals surface area (Å²) in [5.74, 6) is 1.10. The van der Waals surface area contributed by atoms with Gasteiger partial charge in [-0.2, -0.15) is 0 Å². The highest BCUT2D eigenvalue weighted by atomic mass is 16.6. The number of benzene rings is 1. The van der Waals surface area contributed by atoms with E-state index in [9.17, 15) is 5.11 Å². The Morgan fingerprint density at radius 3 is 2.72 bits per heavy atom. The molecular formula is C13H16NO4-. The molecule has 5 nitrogen and oxygen atoms in total. The predicted octanol–water partition coefficient (Wildman–Crippen LogP) is 1.62. The molecule has 0 atom stereocenters. The van der Waals surface area contributed by atoms with Gasteiger partial charge in [-0.25, -0.2) is 4.99 Å². The van der Waals surface area contributed by atoms with E-state index in [4.69, 9.17) is 14.2 Å². The molecule has 0 fully saturated rings. The van der Waals surface area contributed by atoms with Crippen LogP contribution in [0.3, 0.4) is 0 Å². The molecule has 0 amide bonds. The summed E-state index contributed by atoms with van der Waals surface area (Å²) in [6.45, 7) is 6.33. The molecule has 0 radical (unpaired) electrons. The van der Waals surface area contributed by atoms with Crippen LogP contribution >= 0.6 is 0 Å².